The van der Waals surface area contributed by atoms with Gasteiger partial charge in [0.05, 0.1) is 33.7 Å². The first-order valence-corrected chi connectivity index (χ1v) is 11.7. The van der Waals surface area contributed by atoms with Crippen molar-refractivity contribution in [3.05, 3.63) is 103 Å². The van der Waals surface area contributed by atoms with Crippen molar-refractivity contribution in [3.8, 4) is 11.8 Å². The topological polar surface area (TPSA) is 60.3 Å². The Hall–Kier alpha value is -5.01. The fourth-order valence-electron chi connectivity index (χ4n) is 5.82. The number of H-pyrrole nitrogens is 2. The van der Waals surface area contributed by atoms with Gasteiger partial charge >= 0.3 is 0 Å². The molecule has 0 fully saturated rings. The molecule has 0 spiro atoms. The summed E-state index contributed by atoms with van der Waals surface area (Å²) in [6.45, 7) is 0. The van der Waals surface area contributed by atoms with Crippen molar-refractivity contribution >= 4 is 65.4 Å². The van der Waals surface area contributed by atoms with E-state index in [0.29, 0.717) is 5.56 Å². The summed E-state index contributed by atoms with van der Waals surface area (Å²) in [4.78, 5) is 7.44. The Morgan fingerprint density at radius 3 is 1.71 bits per heavy atom. The van der Waals surface area contributed by atoms with Gasteiger partial charge < -0.3 is 14.5 Å². The van der Waals surface area contributed by atoms with E-state index < -0.39 is 0 Å². The van der Waals surface area contributed by atoms with E-state index in [1.807, 2.05) is 18.2 Å². The summed E-state index contributed by atoms with van der Waals surface area (Å²) in [6.07, 6.45) is 0. The van der Waals surface area contributed by atoms with E-state index in [-0.39, 0.29) is 0 Å². The Bertz CT molecular complexity index is 2050. The summed E-state index contributed by atoms with van der Waals surface area (Å²) in [5, 5.41) is 16.8. The van der Waals surface area contributed by atoms with Gasteiger partial charge in [-0.05, 0) is 42.5 Å². The normalized spacial score (nSPS) is 12.0. The molecule has 0 aliphatic carbocycles. The third kappa shape index (κ3) is 2.34. The third-order valence-corrected chi connectivity index (χ3v) is 7.29. The van der Waals surface area contributed by atoms with Crippen molar-refractivity contribution < 1.29 is 0 Å². The van der Waals surface area contributed by atoms with Crippen LogP contribution in [0.25, 0.3) is 71.1 Å². The van der Waals surface area contributed by atoms with E-state index in [9.17, 15) is 5.26 Å². The standard InChI is InChI=1S/C31H18N4/c32-17-18-6-5-7-19(16-18)35-26-14-12-22-20-8-1-3-10-24(20)33-30(22)28(26)29-27(35)15-13-23-21-9-2-4-11-25(21)34-31(23)29/h1-16,33-34H. The van der Waals surface area contributed by atoms with Crippen LogP contribution < -0.4 is 0 Å². The first-order valence-electron chi connectivity index (χ1n) is 11.7. The van der Waals surface area contributed by atoms with Crippen LogP contribution in [0, 0.1) is 11.3 Å². The Balaban J connectivity index is 1.66. The van der Waals surface area contributed by atoms with Crippen LogP contribution in [0.4, 0.5) is 0 Å². The number of nitrogens with zero attached hydrogens (tertiary/aromatic N) is 2. The molecular weight excluding hydrogens is 428 g/mol. The first-order chi connectivity index (χ1) is 17.3. The number of fused-ring (bicyclic) bond motifs is 11. The molecule has 2 N–H and O–H groups in total. The molecule has 4 heteroatoms. The minimum atomic E-state index is 0.649. The molecular formula is C31H18N4. The van der Waals surface area contributed by atoms with Gasteiger partial charge in [-0.25, -0.2) is 0 Å². The lowest BCUT2D eigenvalue weighted by molar-refractivity contribution is 1.18. The fourth-order valence-corrected chi connectivity index (χ4v) is 5.82. The molecule has 0 saturated carbocycles. The molecule has 0 aliphatic heterocycles. The van der Waals surface area contributed by atoms with E-state index in [2.05, 4.69) is 99.5 Å². The third-order valence-electron chi connectivity index (χ3n) is 7.29. The van der Waals surface area contributed by atoms with Crippen LogP contribution in [0.2, 0.25) is 0 Å². The number of nitrogens with one attached hydrogen (secondary N) is 2. The zero-order valence-corrected chi connectivity index (χ0v) is 18.6. The molecule has 0 saturated heterocycles. The van der Waals surface area contributed by atoms with E-state index in [1.165, 1.54) is 32.3 Å². The lowest BCUT2D eigenvalue weighted by atomic mass is 10.1. The van der Waals surface area contributed by atoms with Crippen LogP contribution in [0.3, 0.4) is 0 Å². The van der Waals surface area contributed by atoms with Crippen LogP contribution in [-0.2, 0) is 0 Å². The van der Waals surface area contributed by atoms with Crippen molar-refractivity contribution in [2.75, 3.05) is 0 Å². The minimum Gasteiger partial charge on any atom is -0.354 e. The van der Waals surface area contributed by atoms with Crippen molar-refractivity contribution in [2.24, 2.45) is 0 Å². The number of aromatic amines is 2. The van der Waals surface area contributed by atoms with Crippen molar-refractivity contribution in [1.29, 1.82) is 5.26 Å². The lowest BCUT2D eigenvalue weighted by Gasteiger charge is -2.08. The maximum atomic E-state index is 9.56. The Labute approximate surface area is 199 Å². The number of nitriles is 1. The molecule has 35 heavy (non-hydrogen) atoms. The highest BCUT2D eigenvalue weighted by atomic mass is 15.0. The number of aromatic nitrogens is 3. The summed E-state index contributed by atoms with van der Waals surface area (Å²) in [6, 6.07) is 35.9. The molecule has 0 amide bonds. The van der Waals surface area contributed by atoms with Gasteiger partial charge in [0.25, 0.3) is 0 Å². The second-order valence-corrected chi connectivity index (χ2v) is 9.10. The molecule has 3 aromatic heterocycles. The number of hydrogen-bond acceptors (Lipinski definition) is 1. The Morgan fingerprint density at radius 2 is 1.14 bits per heavy atom. The molecule has 0 aliphatic rings. The monoisotopic (exact) mass is 446 g/mol. The molecule has 8 rings (SSSR count). The van der Waals surface area contributed by atoms with Gasteiger partial charge in [0.2, 0.25) is 0 Å². The SMILES string of the molecule is N#Cc1cccc(-n2c3ccc4c5ccccc5[nH]c4c3c3c4[nH]c5ccccc5c4ccc32)c1. The summed E-state index contributed by atoms with van der Waals surface area (Å²) >= 11 is 0. The van der Waals surface area contributed by atoms with Crippen molar-refractivity contribution in [3.63, 3.8) is 0 Å². The van der Waals surface area contributed by atoms with Gasteiger partial charge in [-0.3, -0.25) is 0 Å². The molecule has 162 valence electrons. The predicted molar refractivity (Wildman–Crippen MR) is 144 cm³/mol. The van der Waals surface area contributed by atoms with E-state index >= 15 is 0 Å². The van der Waals surface area contributed by atoms with Crippen LogP contribution in [0.1, 0.15) is 5.56 Å². The highest BCUT2D eigenvalue weighted by Crippen LogP contribution is 2.42. The van der Waals surface area contributed by atoms with Gasteiger partial charge in [0, 0.05) is 49.0 Å². The Kier molecular flexibility index (Phi) is 3.44. The maximum Gasteiger partial charge on any atom is 0.0992 e. The molecule has 5 aromatic carbocycles. The highest BCUT2D eigenvalue weighted by molar-refractivity contribution is 6.31. The number of hydrogen-bond donors (Lipinski definition) is 2. The minimum absolute atomic E-state index is 0.649. The van der Waals surface area contributed by atoms with E-state index in [4.69, 9.17) is 0 Å². The van der Waals surface area contributed by atoms with Crippen LogP contribution >= 0.6 is 0 Å². The van der Waals surface area contributed by atoms with Crippen LogP contribution in [0.15, 0.2) is 97.1 Å². The predicted octanol–water partition coefficient (Wildman–Crippen LogP) is 7.92. The summed E-state index contributed by atoms with van der Waals surface area (Å²) < 4.78 is 2.28. The van der Waals surface area contributed by atoms with E-state index in [1.54, 1.807) is 0 Å². The highest BCUT2D eigenvalue weighted by Gasteiger charge is 2.20. The van der Waals surface area contributed by atoms with Gasteiger partial charge in [0.15, 0.2) is 0 Å². The Morgan fingerprint density at radius 1 is 0.571 bits per heavy atom. The molecule has 4 nitrogen and oxygen atoms in total. The van der Waals surface area contributed by atoms with Crippen molar-refractivity contribution in [1.82, 2.24) is 14.5 Å². The first kappa shape index (κ1) is 18.4. The second kappa shape index (κ2) is 6.53. The average molecular weight is 447 g/mol. The fraction of sp³-hybridized carbons (Fsp3) is 0. The largest absolute Gasteiger partial charge is 0.354 e. The van der Waals surface area contributed by atoms with Crippen molar-refractivity contribution in [2.45, 2.75) is 0 Å². The van der Waals surface area contributed by atoms with Crippen LogP contribution in [-0.4, -0.2) is 14.5 Å². The number of benzene rings is 5. The summed E-state index contributed by atoms with van der Waals surface area (Å²) in [5.41, 5.74) is 8.38. The van der Waals surface area contributed by atoms with Gasteiger partial charge in [-0.15, -0.1) is 0 Å². The zero-order chi connectivity index (χ0) is 23.1. The van der Waals surface area contributed by atoms with E-state index in [0.717, 1.165) is 38.8 Å². The summed E-state index contributed by atoms with van der Waals surface area (Å²) in [7, 11) is 0. The molecule has 3 heterocycles. The van der Waals surface area contributed by atoms with Gasteiger partial charge in [0.1, 0.15) is 0 Å². The molecule has 0 radical (unpaired) electrons. The average Bonchev–Trinajstić information content (AvgIpc) is 3.57. The molecule has 0 bridgehead atoms. The summed E-state index contributed by atoms with van der Waals surface area (Å²) in [5.74, 6) is 0. The molecule has 0 unspecified atom stereocenters. The number of rotatable bonds is 1. The number of para-hydroxylation sites is 2. The molecule has 0 atom stereocenters. The van der Waals surface area contributed by atoms with Gasteiger partial charge in [-0.1, -0.05) is 54.6 Å². The lowest BCUT2D eigenvalue weighted by Crippen LogP contribution is -1.94. The van der Waals surface area contributed by atoms with Crippen LogP contribution in [0.5, 0.6) is 0 Å². The quantitative estimate of drug-likeness (QED) is 0.264. The smallest absolute Gasteiger partial charge is 0.0992 e. The zero-order valence-electron chi connectivity index (χ0n) is 18.6. The van der Waals surface area contributed by atoms with Gasteiger partial charge in [-0.2, -0.15) is 5.26 Å². The second-order valence-electron chi connectivity index (χ2n) is 9.10. The maximum absolute atomic E-state index is 9.56. The molecule has 8 aromatic rings.